The molecule has 0 atom stereocenters. The summed E-state index contributed by atoms with van der Waals surface area (Å²) in [4.78, 5) is 18.2. The number of aliphatic imine (C=N–C) groups is 1. The minimum absolute atomic E-state index is 0.0785. The van der Waals surface area contributed by atoms with Crippen LogP contribution in [0.2, 0.25) is 0 Å². The molecule has 2 heterocycles. The molecule has 0 aromatic heterocycles. The van der Waals surface area contributed by atoms with Crippen LogP contribution in [0.15, 0.2) is 23.2 Å². The topological polar surface area (TPSA) is 65.7 Å². The minimum Gasteiger partial charge on any atom is -0.466 e. The maximum atomic E-state index is 12.0. The van der Waals surface area contributed by atoms with Crippen LogP contribution in [0.1, 0.15) is 37.8 Å². The van der Waals surface area contributed by atoms with Gasteiger partial charge in [-0.1, -0.05) is 0 Å². The number of fused-ring (bicyclic) bond motifs is 1. The molecular formula is C15H15N3O2. The fourth-order valence-electron chi connectivity index (χ4n) is 2.55. The number of nitriles is 1. The smallest absolute Gasteiger partial charge is 0.228 e. The van der Waals surface area contributed by atoms with Gasteiger partial charge in [-0.2, -0.15) is 5.26 Å². The summed E-state index contributed by atoms with van der Waals surface area (Å²) < 4.78 is 5.81. The summed E-state index contributed by atoms with van der Waals surface area (Å²) in [5.74, 6) is 1.37. The van der Waals surface area contributed by atoms with Gasteiger partial charge in [-0.05, 0) is 38.5 Å². The van der Waals surface area contributed by atoms with Crippen molar-refractivity contribution in [2.24, 2.45) is 4.99 Å². The predicted octanol–water partition coefficient (Wildman–Crippen LogP) is 2.06. The molecule has 2 aliphatic rings. The number of ether oxygens (including phenoxy) is 1. The number of hydrogen-bond donors (Lipinski definition) is 0. The molecule has 5 nitrogen and oxygen atoms in total. The third kappa shape index (κ3) is 2.03. The molecular weight excluding hydrogens is 254 g/mol. The highest BCUT2D eigenvalue weighted by Gasteiger charge is 2.34. The first-order valence-electron chi connectivity index (χ1n) is 6.64. The molecule has 0 unspecified atom stereocenters. The van der Waals surface area contributed by atoms with E-state index in [2.05, 4.69) is 11.1 Å². The number of carbonyl (C=O) groups is 1. The largest absolute Gasteiger partial charge is 0.466 e. The number of nitrogens with zero attached hydrogens (tertiary/aromatic N) is 3. The Morgan fingerprint density at radius 3 is 2.90 bits per heavy atom. The molecule has 1 fully saturated rings. The first-order chi connectivity index (χ1) is 9.50. The normalized spacial score (nSPS) is 19.9. The van der Waals surface area contributed by atoms with Crippen molar-refractivity contribution in [3.8, 4) is 11.8 Å². The van der Waals surface area contributed by atoms with Crippen LogP contribution in [-0.2, 0) is 4.79 Å². The van der Waals surface area contributed by atoms with E-state index in [1.807, 2.05) is 13.8 Å². The van der Waals surface area contributed by atoms with Crippen molar-refractivity contribution in [1.82, 2.24) is 4.90 Å². The molecule has 5 heteroatoms. The lowest BCUT2D eigenvalue weighted by Gasteiger charge is -2.32. The summed E-state index contributed by atoms with van der Waals surface area (Å²) in [6.45, 7) is 4.38. The number of amidine groups is 1. The van der Waals surface area contributed by atoms with Gasteiger partial charge in [0.15, 0.2) is 5.72 Å². The third-order valence-corrected chi connectivity index (χ3v) is 3.41. The number of benzene rings is 1. The van der Waals surface area contributed by atoms with Crippen molar-refractivity contribution in [1.29, 1.82) is 5.26 Å². The summed E-state index contributed by atoms with van der Waals surface area (Å²) >= 11 is 0. The van der Waals surface area contributed by atoms with E-state index in [1.54, 1.807) is 23.1 Å². The number of carbonyl (C=O) groups excluding carboxylic acids is 1. The molecule has 0 N–H and O–H groups in total. The van der Waals surface area contributed by atoms with E-state index in [0.717, 1.165) is 12.0 Å². The van der Waals surface area contributed by atoms with Crippen LogP contribution in [0.5, 0.6) is 5.75 Å². The molecule has 1 saturated heterocycles. The summed E-state index contributed by atoms with van der Waals surface area (Å²) in [5, 5.41) is 9.03. The van der Waals surface area contributed by atoms with E-state index >= 15 is 0 Å². The highest BCUT2D eigenvalue weighted by Crippen LogP contribution is 2.33. The zero-order valence-corrected chi connectivity index (χ0v) is 11.5. The molecule has 2 aliphatic heterocycles. The molecule has 0 saturated carbocycles. The molecule has 102 valence electrons. The number of amides is 1. The molecule has 20 heavy (non-hydrogen) atoms. The molecule has 0 aliphatic carbocycles. The van der Waals surface area contributed by atoms with Gasteiger partial charge in [-0.3, -0.25) is 9.69 Å². The number of likely N-dealkylation sites (tertiary alicyclic amines) is 1. The molecule has 0 spiro atoms. The highest BCUT2D eigenvalue weighted by molar-refractivity contribution is 6.10. The molecule has 0 radical (unpaired) electrons. The first kappa shape index (κ1) is 12.7. The van der Waals surface area contributed by atoms with Crippen LogP contribution in [0.4, 0.5) is 0 Å². The van der Waals surface area contributed by atoms with Crippen molar-refractivity contribution >= 4 is 11.7 Å². The zero-order chi connectivity index (χ0) is 14.3. The average molecular weight is 269 g/mol. The quantitative estimate of drug-likeness (QED) is 0.724. The number of rotatable bonds is 0. The maximum absolute atomic E-state index is 12.0. The Balaban J connectivity index is 2.14. The second-order valence-corrected chi connectivity index (χ2v) is 5.46. The van der Waals surface area contributed by atoms with E-state index in [-0.39, 0.29) is 5.91 Å². The van der Waals surface area contributed by atoms with Gasteiger partial charge in [-0.25, -0.2) is 4.99 Å². The van der Waals surface area contributed by atoms with Crippen LogP contribution in [-0.4, -0.2) is 28.9 Å². The van der Waals surface area contributed by atoms with Gasteiger partial charge in [0, 0.05) is 13.0 Å². The summed E-state index contributed by atoms with van der Waals surface area (Å²) in [6, 6.07) is 7.32. The van der Waals surface area contributed by atoms with Gasteiger partial charge < -0.3 is 4.74 Å². The predicted molar refractivity (Wildman–Crippen MR) is 73.3 cm³/mol. The van der Waals surface area contributed by atoms with Crippen molar-refractivity contribution < 1.29 is 9.53 Å². The Morgan fingerprint density at radius 2 is 2.25 bits per heavy atom. The van der Waals surface area contributed by atoms with Crippen molar-refractivity contribution in [3.63, 3.8) is 0 Å². The molecule has 1 amide bonds. The van der Waals surface area contributed by atoms with Gasteiger partial charge in [0.2, 0.25) is 5.91 Å². The molecule has 0 bridgehead atoms. The standard InChI is InChI=1S/C15H15N3O2/c1-15(2)17-14(18-7-3-4-13(18)19)11-8-10(9-16)5-6-12(11)20-15/h5-6,8H,3-4,7H2,1-2H3. The van der Waals surface area contributed by atoms with E-state index in [9.17, 15) is 4.79 Å². The third-order valence-electron chi connectivity index (χ3n) is 3.41. The van der Waals surface area contributed by atoms with Crippen LogP contribution in [0, 0.1) is 11.3 Å². The minimum atomic E-state index is -0.709. The van der Waals surface area contributed by atoms with Crippen LogP contribution in [0.25, 0.3) is 0 Å². The van der Waals surface area contributed by atoms with Crippen LogP contribution >= 0.6 is 0 Å². The van der Waals surface area contributed by atoms with E-state index < -0.39 is 5.72 Å². The second kappa shape index (κ2) is 4.34. The monoisotopic (exact) mass is 269 g/mol. The van der Waals surface area contributed by atoms with Gasteiger partial charge in [0.05, 0.1) is 17.2 Å². The van der Waals surface area contributed by atoms with Crippen LogP contribution in [0.3, 0.4) is 0 Å². The molecule has 3 rings (SSSR count). The molecule has 1 aromatic rings. The van der Waals surface area contributed by atoms with Gasteiger partial charge in [-0.15, -0.1) is 0 Å². The average Bonchev–Trinajstić information content (AvgIpc) is 2.82. The van der Waals surface area contributed by atoms with Crippen molar-refractivity contribution in [2.75, 3.05) is 6.54 Å². The van der Waals surface area contributed by atoms with Gasteiger partial charge in [0.1, 0.15) is 11.6 Å². The fourth-order valence-corrected chi connectivity index (χ4v) is 2.55. The van der Waals surface area contributed by atoms with Crippen molar-refractivity contribution in [3.05, 3.63) is 29.3 Å². The SMILES string of the molecule is CC1(C)N=C(N2CCCC2=O)c2cc(C#N)ccc2O1. The Morgan fingerprint density at radius 1 is 1.45 bits per heavy atom. The van der Waals surface area contributed by atoms with E-state index in [0.29, 0.717) is 30.1 Å². The zero-order valence-electron chi connectivity index (χ0n) is 11.5. The van der Waals surface area contributed by atoms with E-state index in [4.69, 9.17) is 10.00 Å². The Kier molecular flexibility index (Phi) is 2.75. The fraction of sp³-hybridized carbons (Fsp3) is 0.400. The van der Waals surface area contributed by atoms with Gasteiger partial charge >= 0.3 is 0 Å². The number of hydrogen-bond acceptors (Lipinski definition) is 4. The summed E-state index contributed by atoms with van der Waals surface area (Å²) in [5.41, 5.74) is 0.546. The second-order valence-electron chi connectivity index (χ2n) is 5.46. The Labute approximate surface area is 117 Å². The Hall–Kier alpha value is -2.35. The van der Waals surface area contributed by atoms with Crippen molar-refractivity contribution in [2.45, 2.75) is 32.4 Å². The molecule has 1 aromatic carbocycles. The first-order valence-corrected chi connectivity index (χ1v) is 6.64. The summed E-state index contributed by atoms with van der Waals surface area (Å²) in [7, 11) is 0. The lowest BCUT2D eigenvalue weighted by atomic mass is 10.1. The lowest BCUT2D eigenvalue weighted by Crippen LogP contribution is -2.40. The lowest BCUT2D eigenvalue weighted by molar-refractivity contribution is -0.124. The summed E-state index contributed by atoms with van der Waals surface area (Å²) in [6.07, 6.45) is 1.39. The van der Waals surface area contributed by atoms with Gasteiger partial charge in [0.25, 0.3) is 0 Å². The Bertz CT molecular complexity index is 656. The highest BCUT2D eigenvalue weighted by atomic mass is 16.5. The van der Waals surface area contributed by atoms with E-state index in [1.165, 1.54) is 0 Å². The maximum Gasteiger partial charge on any atom is 0.228 e. The van der Waals surface area contributed by atoms with Crippen LogP contribution < -0.4 is 4.74 Å².